The Bertz CT molecular complexity index is 1520. The second-order valence-electron chi connectivity index (χ2n) is 8.13. The molecular weight excluding hydrogens is 479 g/mol. The highest BCUT2D eigenvalue weighted by Crippen LogP contribution is 2.32. The van der Waals surface area contributed by atoms with E-state index < -0.39 is 0 Å². The number of hydrogen-bond donors (Lipinski definition) is 2. The van der Waals surface area contributed by atoms with Crippen molar-refractivity contribution in [3.8, 4) is 28.3 Å². The van der Waals surface area contributed by atoms with E-state index in [0.29, 0.717) is 39.6 Å². The van der Waals surface area contributed by atoms with Gasteiger partial charge in [-0.3, -0.25) is 9.89 Å². The minimum atomic E-state index is -0.327. The van der Waals surface area contributed by atoms with Crippen LogP contribution in [0, 0.1) is 5.82 Å². The monoisotopic (exact) mass is 500 g/mol. The summed E-state index contributed by atoms with van der Waals surface area (Å²) in [7, 11) is 0. The molecule has 180 valence electrons. The first-order valence-corrected chi connectivity index (χ1v) is 11.8. The number of nitrogens with one attached hydrogen (secondary N) is 2. The lowest BCUT2D eigenvalue weighted by molar-refractivity contribution is 0.0952. The Morgan fingerprint density at radius 2 is 1.69 bits per heavy atom. The van der Waals surface area contributed by atoms with Crippen molar-refractivity contribution in [2.24, 2.45) is 0 Å². The van der Waals surface area contributed by atoms with Crippen LogP contribution in [0.15, 0.2) is 78.9 Å². The number of H-pyrrole nitrogens is 1. The second kappa shape index (κ2) is 10.2. The van der Waals surface area contributed by atoms with Crippen molar-refractivity contribution in [1.29, 1.82) is 0 Å². The number of carbonyl (C=O) groups excluding carboxylic acids is 1. The summed E-state index contributed by atoms with van der Waals surface area (Å²) in [6.45, 7) is 2.74. The summed E-state index contributed by atoms with van der Waals surface area (Å²) >= 11 is 6.07. The highest BCUT2D eigenvalue weighted by atomic mass is 35.5. The maximum atomic E-state index is 13.5. The molecule has 0 saturated heterocycles. The van der Waals surface area contributed by atoms with E-state index in [9.17, 15) is 9.18 Å². The number of amides is 1. The molecule has 8 heteroatoms. The van der Waals surface area contributed by atoms with E-state index in [1.54, 1.807) is 30.3 Å². The van der Waals surface area contributed by atoms with Crippen LogP contribution in [0.2, 0.25) is 5.02 Å². The summed E-state index contributed by atoms with van der Waals surface area (Å²) in [5.74, 6) is 0.131. The molecule has 6 nitrogen and oxygen atoms in total. The molecule has 0 spiro atoms. The maximum absolute atomic E-state index is 13.5. The SMILES string of the molecule is CCOc1ccc(-c2cc(C(=O)NCc3ccc(F)cc3)c3c(-c4ccc(Cl)cc4)[nH]nc3n2)cc1. The fourth-order valence-corrected chi connectivity index (χ4v) is 4.07. The van der Waals surface area contributed by atoms with Crippen molar-refractivity contribution in [2.75, 3.05) is 6.61 Å². The Hall–Kier alpha value is -4.23. The normalized spacial score (nSPS) is 11.0. The van der Waals surface area contributed by atoms with Crippen LogP contribution >= 0.6 is 11.6 Å². The quantitative estimate of drug-likeness (QED) is 0.270. The zero-order chi connectivity index (χ0) is 25.1. The summed E-state index contributed by atoms with van der Waals surface area (Å²) in [5, 5.41) is 11.6. The highest BCUT2D eigenvalue weighted by molar-refractivity contribution is 6.30. The molecule has 2 heterocycles. The van der Waals surface area contributed by atoms with Crippen LogP contribution in [0.4, 0.5) is 4.39 Å². The number of benzene rings is 3. The molecule has 36 heavy (non-hydrogen) atoms. The molecule has 0 unspecified atom stereocenters. The number of carbonyl (C=O) groups is 1. The molecule has 0 radical (unpaired) electrons. The van der Waals surface area contributed by atoms with E-state index in [2.05, 4.69) is 15.5 Å². The van der Waals surface area contributed by atoms with Crippen molar-refractivity contribution in [1.82, 2.24) is 20.5 Å². The van der Waals surface area contributed by atoms with E-state index in [-0.39, 0.29) is 18.3 Å². The van der Waals surface area contributed by atoms with Crippen molar-refractivity contribution in [3.63, 3.8) is 0 Å². The third-order valence-corrected chi connectivity index (χ3v) is 5.98. The minimum Gasteiger partial charge on any atom is -0.494 e. The van der Waals surface area contributed by atoms with Gasteiger partial charge in [0.05, 0.1) is 28.9 Å². The number of halogens is 2. The van der Waals surface area contributed by atoms with Crippen LogP contribution in [0.5, 0.6) is 5.75 Å². The van der Waals surface area contributed by atoms with Crippen molar-refractivity contribution in [3.05, 3.63) is 101 Å². The number of rotatable bonds is 7. The molecule has 0 atom stereocenters. The first-order valence-electron chi connectivity index (χ1n) is 11.4. The summed E-state index contributed by atoms with van der Waals surface area (Å²) in [4.78, 5) is 18.2. The van der Waals surface area contributed by atoms with Gasteiger partial charge in [-0.1, -0.05) is 35.9 Å². The molecule has 2 aromatic heterocycles. The Labute approximate surface area is 212 Å². The van der Waals surface area contributed by atoms with Crippen LogP contribution in [0.1, 0.15) is 22.8 Å². The van der Waals surface area contributed by atoms with E-state index in [1.807, 2.05) is 43.3 Å². The van der Waals surface area contributed by atoms with Gasteiger partial charge in [-0.15, -0.1) is 0 Å². The standard InChI is InChI=1S/C28H22ClFN4O2/c1-2-36-22-13-7-18(8-14-22)24-15-23(28(35)31-16-17-3-11-21(30)12-4-17)25-26(33-34-27(25)32-24)19-5-9-20(29)10-6-19/h3-15H,2,16H2,1H3,(H,31,35)(H,32,33,34). The number of hydrogen-bond acceptors (Lipinski definition) is 4. The van der Waals surface area contributed by atoms with Gasteiger partial charge in [0.15, 0.2) is 5.65 Å². The molecule has 5 aromatic rings. The number of nitrogens with zero attached hydrogens (tertiary/aromatic N) is 2. The van der Waals surface area contributed by atoms with Crippen molar-refractivity contribution < 1.29 is 13.9 Å². The molecule has 0 aliphatic rings. The number of fused-ring (bicyclic) bond motifs is 1. The Kier molecular flexibility index (Phi) is 6.64. The van der Waals surface area contributed by atoms with Gasteiger partial charge in [-0.05, 0) is 67.1 Å². The molecule has 1 amide bonds. The lowest BCUT2D eigenvalue weighted by Crippen LogP contribution is -2.23. The number of ether oxygens (including phenoxy) is 1. The van der Waals surface area contributed by atoms with Crippen LogP contribution < -0.4 is 10.1 Å². The fraction of sp³-hybridized carbons (Fsp3) is 0.107. The van der Waals surface area contributed by atoms with Crippen LogP contribution in [-0.4, -0.2) is 27.7 Å². The Morgan fingerprint density at radius 3 is 2.39 bits per heavy atom. The molecule has 0 bridgehead atoms. The second-order valence-corrected chi connectivity index (χ2v) is 8.56. The fourth-order valence-electron chi connectivity index (χ4n) is 3.94. The number of aromatic amines is 1. The average Bonchev–Trinajstić information content (AvgIpc) is 3.33. The third kappa shape index (κ3) is 4.92. The lowest BCUT2D eigenvalue weighted by atomic mass is 10.0. The molecule has 3 aromatic carbocycles. The van der Waals surface area contributed by atoms with Crippen molar-refractivity contribution >= 4 is 28.5 Å². The largest absolute Gasteiger partial charge is 0.494 e. The summed E-state index contributed by atoms with van der Waals surface area (Å²) in [6.07, 6.45) is 0. The van der Waals surface area contributed by atoms with Crippen LogP contribution in [0.25, 0.3) is 33.5 Å². The average molecular weight is 501 g/mol. The molecule has 5 rings (SSSR count). The highest BCUT2D eigenvalue weighted by Gasteiger charge is 2.20. The maximum Gasteiger partial charge on any atom is 0.252 e. The smallest absolute Gasteiger partial charge is 0.252 e. The zero-order valence-corrected chi connectivity index (χ0v) is 20.1. The minimum absolute atomic E-state index is 0.245. The molecular formula is C28H22ClFN4O2. The molecule has 0 saturated carbocycles. The summed E-state index contributed by atoms with van der Waals surface area (Å²) < 4.78 is 18.8. The predicted octanol–water partition coefficient (Wildman–Crippen LogP) is 6.41. The zero-order valence-electron chi connectivity index (χ0n) is 19.4. The topological polar surface area (TPSA) is 79.9 Å². The Morgan fingerprint density at radius 1 is 1.00 bits per heavy atom. The number of aromatic nitrogens is 3. The van der Waals surface area contributed by atoms with Crippen molar-refractivity contribution in [2.45, 2.75) is 13.5 Å². The molecule has 0 fully saturated rings. The van der Waals surface area contributed by atoms with E-state index >= 15 is 0 Å². The van der Waals surface area contributed by atoms with Gasteiger partial charge in [0.25, 0.3) is 5.91 Å². The van der Waals surface area contributed by atoms with Gasteiger partial charge in [0.2, 0.25) is 0 Å². The predicted molar refractivity (Wildman–Crippen MR) is 139 cm³/mol. The van der Waals surface area contributed by atoms with Gasteiger partial charge in [-0.25, -0.2) is 9.37 Å². The summed E-state index contributed by atoms with van der Waals surface area (Å²) in [5.41, 5.74) is 4.54. The first kappa shape index (κ1) is 23.5. The first-order chi connectivity index (χ1) is 17.5. The van der Waals surface area contributed by atoms with Gasteiger partial charge in [0, 0.05) is 22.7 Å². The third-order valence-electron chi connectivity index (χ3n) is 5.73. The van der Waals surface area contributed by atoms with Crippen LogP contribution in [0.3, 0.4) is 0 Å². The van der Waals surface area contributed by atoms with Gasteiger partial charge in [0.1, 0.15) is 11.6 Å². The molecule has 2 N–H and O–H groups in total. The number of pyridine rings is 1. The molecule has 0 aliphatic carbocycles. The van der Waals surface area contributed by atoms with E-state index in [0.717, 1.165) is 22.4 Å². The molecule has 0 aliphatic heterocycles. The van der Waals surface area contributed by atoms with E-state index in [1.165, 1.54) is 12.1 Å². The van der Waals surface area contributed by atoms with Gasteiger partial charge < -0.3 is 10.1 Å². The summed E-state index contributed by atoms with van der Waals surface area (Å²) in [6, 6.07) is 22.6. The van der Waals surface area contributed by atoms with Gasteiger partial charge in [-0.2, -0.15) is 5.10 Å². The van der Waals surface area contributed by atoms with Crippen LogP contribution in [-0.2, 0) is 6.54 Å². The Balaban J connectivity index is 1.57. The van der Waals surface area contributed by atoms with E-state index in [4.69, 9.17) is 21.3 Å². The van der Waals surface area contributed by atoms with Gasteiger partial charge >= 0.3 is 0 Å². The lowest BCUT2D eigenvalue weighted by Gasteiger charge is -2.10.